The number of aryl methyl sites for hydroxylation is 1. The Kier molecular flexibility index (Phi) is 4.03. The highest BCUT2D eigenvalue weighted by Crippen LogP contribution is 2.23. The molecule has 0 aromatic heterocycles. The molecule has 0 saturated carbocycles. The third kappa shape index (κ3) is 2.46. The van der Waals surface area contributed by atoms with Crippen LogP contribution in [-0.4, -0.2) is 4.43 Å². The lowest BCUT2D eigenvalue weighted by molar-refractivity contribution is 0.893. The smallest absolute Gasteiger partial charge is 0.0204 e. The van der Waals surface area contributed by atoms with Gasteiger partial charge in [0.15, 0.2) is 0 Å². The molecule has 0 nitrogen and oxygen atoms in total. The summed E-state index contributed by atoms with van der Waals surface area (Å²) in [7, 11) is 0. The Labute approximate surface area is 96.0 Å². The van der Waals surface area contributed by atoms with E-state index in [1.807, 2.05) is 0 Å². The maximum Gasteiger partial charge on any atom is 0.0204 e. The summed E-state index contributed by atoms with van der Waals surface area (Å²) in [6.45, 7) is 4.39. The van der Waals surface area contributed by atoms with E-state index in [0.29, 0.717) is 5.92 Å². The van der Waals surface area contributed by atoms with Crippen LogP contribution in [0.15, 0.2) is 22.7 Å². The average Bonchev–Trinajstić information content (AvgIpc) is 2.08. The van der Waals surface area contributed by atoms with Crippen LogP contribution < -0.4 is 0 Å². The van der Waals surface area contributed by atoms with Gasteiger partial charge in [-0.2, -0.15) is 0 Å². The summed E-state index contributed by atoms with van der Waals surface area (Å²) in [6, 6.07) is 6.58. The predicted molar refractivity (Wildman–Crippen MR) is 66.2 cm³/mol. The highest BCUT2D eigenvalue weighted by Gasteiger charge is 2.04. The third-order valence-electron chi connectivity index (χ3n) is 1.98. The van der Waals surface area contributed by atoms with Crippen LogP contribution in [0.25, 0.3) is 0 Å². The Morgan fingerprint density at radius 3 is 2.67 bits per heavy atom. The first-order valence-electron chi connectivity index (χ1n) is 3.97. The molecule has 0 bridgehead atoms. The van der Waals surface area contributed by atoms with Crippen LogP contribution in [0, 0.1) is 6.92 Å². The summed E-state index contributed by atoms with van der Waals surface area (Å²) in [6.07, 6.45) is 0. The van der Waals surface area contributed by atoms with E-state index in [-0.39, 0.29) is 0 Å². The van der Waals surface area contributed by atoms with Crippen LogP contribution in [0.5, 0.6) is 0 Å². The molecular formula is C10H12BrI. The van der Waals surface area contributed by atoms with E-state index < -0.39 is 0 Å². The van der Waals surface area contributed by atoms with Gasteiger partial charge in [0.05, 0.1) is 0 Å². The van der Waals surface area contributed by atoms with Crippen molar-refractivity contribution in [3.8, 4) is 0 Å². The maximum absolute atomic E-state index is 3.50. The highest BCUT2D eigenvalue weighted by molar-refractivity contribution is 14.1. The minimum Gasteiger partial charge on any atom is -0.0857 e. The standard InChI is InChI=1S/C10H12BrI/c1-7-5-9(8(2)6-12)3-4-10(7)11/h3-5,8H,6H2,1-2H3. The second-order valence-corrected chi connectivity index (χ2v) is 4.80. The number of hydrogen-bond acceptors (Lipinski definition) is 0. The molecule has 0 aliphatic heterocycles. The van der Waals surface area contributed by atoms with Crippen LogP contribution in [0.1, 0.15) is 24.0 Å². The molecule has 0 aliphatic rings. The first-order chi connectivity index (χ1) is 5.65. The Hall–Kier alpha value is 0.430. The second-order valence-electron chi connectivity index (χ2n) is 3.06. The monoisotopic (exact) mass is 338 g/mol. The van der Waals surface area contributed by atoms with Gasteiger partial charge in [-0.3, -0.25) is 0 Å². The summed E-state index contributed by atoms with van der Waals surface area (Å²) in [5.74, 6) is 0.664. The summed E-state index contributed by atoms with van der Waals surface area (Å²) in [4.78, 5) is 0. The number of rotatable bonds is 2. The molecule has 66 valence electrons. The van der Waals surface area contributed by atoms with E-state index in [1.54, 1.807) is 0 Å². The molecule has 0 aliphatic carbocycles. The Bertz CT molecular complexity index is 271. The van der Waals surface area contributed by atoms with Gasteiger partial charge < -0.3 is 0 Å². The molecule has 1 aromatic rings. The van der Waals surface area contributed by atoms with E-state index >= 15 is 0 Å². The molecule has 1 rings (SSSR count). The van der Waals surface area contributed by atoms with Crippen molar-refractivity contribution >= 4 is 38.5 Å². The van der Waals surface area contributed by atoms with E-state index in [0.717, 1.165) is 0 Å². The van der Waals surface area contributed by atoms with Gasteiger partial charge in [-0.15, -0.1) is 0 Å². The van der Waals surface area contributed by atoms with Crippen molar-refractivity contribution < 1.29 is 0 Å². The van der Waals surface area contributed by atoms with Crippen LogP contribution >= 0.6 is 38.5 Å². The molecule has 1 atom stereocenters. The van der Waals surface area contributed by atoms with Crippen LogP contribution in [0.3, 0.4) is 0 Å². The minimum atomic E-state index is 0.664. The lowest BCUT2D eigenvalue weighted by Crippen LogP contribution is -1.94. The zero-order valence-electron chi connectivity index (χ0n) is 7.27. The lowest BCUT2D eigenvalue weighted by Gasteiger charge is -2.09. The quantitative estimate of drug-likeness (QED) is 0.557. The minimum absolute atomic E-state index is 0.664. The van der Waals surface area contributed by atoms with Crippen molar-refractivity contribution in [2.75, 3.05) is 4.43 Å². The Balaban J connectivity index is 2.96. The summed E-state index contributed by atoms with van der Waals surface area (Å²) in [5.41, 5.74) is 2.76. The normalized spacial score (nSPS) is 13.0. The fourth-order valence-corrected chi connectivity index (χ4v) is 1.82. The first kappa shape index (κ1) is 10.5. The highest BCUT2D eigenvalue weighted by atomic mass is 127. The van der Waals surface area contributed by atoms with Gasteiger partial charge in [0, 0.05) is 8.90 Å². The summed E-state index contributed by atoms with van der Waals surface area (Å²) >= 11 is 5.92. The number of benzene rings is 1. The van der Waals surface area contributed by atoms with Crippen molar-refractivity contribution in [1.82, 2.24) is 0 Å². The average molecular weight is 339 g/mol. The topological polar surface area (TPSA) is 0 Å². The second kappa shape index (κ2) is 4.61. The van der Waals surface area contributed by atoms with Gasteiger partial charge in [-0.25, -0.2) is 0 Å². The van der Waals surface area contributed by atoms with E-state index in [4.69, 9.17) is 0 Å². The molecular weight excluding hydrogens is 327 g/mol. The van der Waals surface area contributed by atoms with Crippen LogP contribution in [0.4, 0.5) is 0 Å². The fraction of sp³-hybridized carbons (Fsp3) is 0.400. The molecule has 0 heterocycles. The van der Waals surface area contributed by atoms with E-state index in [2.05, 4.69) is 70.6 Å². The molecule has 1 unspecified atom stereocenters. The number of hydrogen-bond donors (Lipinski definition) is 0. The molecule has 0 N–H and O–H groups in total. The Morgan fingerprint density at radius 1 is 1.50 bits per heavy atom. The van der Waals surface area contributed by atoms with Crippen molar-refractivity contribution in [1.29, 1.82) is 0 Å². The van der Waals surface area contributed by atoms with E-state index in [9.17, 15) is 0 Å². The van der Waals surface area contributed by atoms with Gasteiger partial charge in [-0.05, 0) is 30.0 Å². The van der Waals surface area contributed by atoms with Gasteiger partial charge in [-0.1, -0.05) is 57.6 Å². The summed E-state index contributed by atoms with van der Waals surface area (Å²) in [5, 5.41) is 0. The molecule has 0 fully saturated rings. The van der Waals surface area contributed by atoms with Crippen molar-refractivity contribution in [3.05, 3.63) is 33.8 Å². The zero-order chi connectivity index (χ0) is 9.14. The molecule has 0 spiro atoms. The van der Waals surface area contributed by atoms with Gasteiger partial charge in [0.1, 0.15) is 0 Å². The summed E-state index contributed by atoms with van der Waals surface area (Å²) < 4.78 is 2.38. The number of alkyl halides is 1. The van der Waals surface area contributed by atoms with Gasteiger partial charge in [0.25, 0.3) is 0 Å². The zero-order valence-corrected chi connectivity index (χ0v) is 11.0. The van der Waals surface area contributed by atoms with Crippen LogP contribution in [0.2, 0.25) is 0 Å². The molecule has 2 heteroatoms. The maximum atomic E-state index is 3.50. The molecule has 12 heavy (non-hydrogen) atoms. The van der Waals surface area contributed by atoms with Gasteiger partial charge in [0.2, 0.25) is 0 Å². The third-order valence-corrected chi connectivity index (χ3v) is 4.19. The first-order valence-corrected chi connectivity index (χ1v) is 6.29. The van der Waals surface area contributed by atoms with E-state index in [1.165, 1.54) is 20.0 Å². The lowest BCUT2D eigenvalue weighted by atomic mass is 10.0. The molecule has 0 saturated heterocycles. The van der Waals surface area contributed by atoms with Crippen LogP contribution in [-0.2, 0) is 0 Å². The van der Waals surface area contributed by atoms with Gasteiger partial charge >= 0.3 is 0 Å². The van der Waals surface area contributed by atoms with Crippen molar-refractivity contribution in [3.63, 3.8) is 0 Å². The van der Waals surface area contributed by atoms with Crippen molar-refractivity contribution in [2.45, 2.75) is 19.8 Å². The largest absolute Gasteiger partial charge is 0.0857 e. The Morgan fingerprint density at radius 2 is 2.17 bits per heavy atom. The molecule has 0 amide bonds. The predicted octanol–water partition coefficient (Wildman–Crippen LogP) is 4.30. The fourth-order valence-electron chi connectivity index (χ4n) is 1.06. The number of halogens is 2. The molecule has 0 radical (unpaired) electrons. The SMILES string of the molecule is Cc1cc(C(C)CI)ccc1Br. The molecule has 1 aromatic carbocycles. The van der Waals surface area contributed by atoms with Crippen molar-refractivity contribution in [2.24, 2.45) is 0 Å².